The molecule has 0 atom stereocenters. The number of nitrogens with zero attached hydrogens (tertiary/aromatic N) is 1. The van der Waals surface area contributed by atoms with Gasteiger partial charge in [-0.25, -0.2) is 4.79 Å². The second-order valence-corrected chi connectivity index (χ2v) is 5.34. The van der Waals surface area contributed by atoms with Gasteiger partial charge in [-0.05, 0) is 29.8 Å². The minimum atomic E-state index is -0.863. The molecule has 0 saturated heterocycles. The van der Waals surface area contributed by atoms with Crippen LogP contribution in [-0.4, -0.2) is 28.8 Å². The lowest BCUT2D eigenvalue weighted by Gasteiger charge is -2.13. The van der Waals surface area contributed by atoms with Gasteiger partial charge >= 0.3 is 5.97 Å². The molecule has 7 nitrogen and oxygen atoms in total. The topological polar surface area (TPSA) is 92.8 Å². The predicted octanol–water partition coefficient (Wildman–Crippen LogP) is 1.30. The summed E-state index contributed by atoms with van der Waals surface area (Å²) in [5.74, 6) is -2.52. The normalized spacial score (nSPS) is 15.2. The van der Waals surface area contributed by atoms with E-state index in [2.05, 4.69) is 5.32 Å². The van der Waals surface area contributed by atoms with E-state index in [0.717, 1.165) is 0 Å². The molecule has 1 N–H and O–H groups in total. The first kappa shape index (κ1) is 14.1. The number of hydrogen-bond donors (Lipinski definition) is 1. The van der Waals surface area contributed by atoms with E-state index in [0.29, 0.717) is 16.2 Å². The van der Waals surface area contributed by atoms with Crippen molar-refractivity contribution in [2.24, 2.45) is 0 Å². The highest BCUT2D eigenvalue weighted by Crippen LogP contribution is 2.25. The third-order valence-electron chi connectivity index (χ3n) is 4.00. The van der Waals surface area contributed by atoms with Crippen LogP contribution in [0.5, 0.6) is 0 Å². The van der Waals surface area contributed by atoms with Crippen LogP contribution >= 0.6 is 0 Å². The van der Waals surface area contributed by atoms with E-state index >= 15 is 0 Å². The molecule has 24 heavy (non-hydrogen) atoms. The fraction of sp³-hybridized carbons (Fsp3) is 0.0588. The summed E-state index contributed by atoms with van der Waals surface area (Å²) in [4.78, 5) is 53.5. The Kier molecular flexibility index (Phi) is 2.96. The third kappa shape index (κ3) is 1.91. The number of carbonyl (C=O) groups is 4. The quantitative estimate of drug-likeness (QED) is 0.841. The summed E-state index contributed by atoms with van der Waals surface area (Å²) in [6.45, 7) is 0.196. The molecule has 0 unspecified atom stereocenters. The Labute approximate surface area is 135 Å². The predicted molar refractivity (Wildman–Crippen MR) is 80.0 cm³/mol. The van der Waals surface area contributed by atoms with Crippen LogP contribution < -0.4 is 5.32 Å². The molecule has 2 aliphatic heterocycles. The van der Waals surface area contributed by atoms with Gasteiger partial charge < -0.3 is 10.2 Å². The number of amides is 3. The van der Waals surface area contributed by atoms with Crippen LogP contribution in [0.4, 0.5) is 0 Å². The summed E-state index contributed by atoms with van der Waals surface area (Å²) >= 11 is 0. The molecule has 0 radical (unpaired) electrons. The highest BCUT2D eigenvalue weighted by Gasteiger charge is 2.39. The zero-order valence-electron chi connectivity index (χ0n) is 12.2. The van der Waals surface area contributed by atoms with Crippen LogP contribution in [-0.2, 0) is 11.4 Å². The fourth-order valence-corrected chi connectivity index (χ4v) is 2.83. The van der Waals surface area contributed by atoms with E-state index in [-0.39, 0.29) is 29.1 Å². The van der Waals surface area contributed by atoms with Gasteiger partial charge in [0.05, 0.1) is 16.7 Å². The number of imide groups is 1. The minimum absolute atomic E-state index is 0.141. The summed E-state index contributed by atoms with van der Waals surface area (Å²) in [5.41, 5.74) is 1.38. The molecule has 4 rings (SSSR count). The highest BCUT2D eigenvalue weighted by molar-refractivity contribution is 6.21. The number of carbonyl (C=O) groups excluding carboxylic acids is 4. The standard InChI is InChI=1S/C17H10N2O5/c20-14-9-6-3-7-12(13(9)8-18-14)17(23)24-19-15(21)10-4-1-2-5-11(10)16(19)22/h1-7H,8H2,(H,18,20). The van der Waals surface area contributed by atoms with Crippen molar-refractivity contribution in [2.45, 2.75) is 6.54 Å². The average molecular weight is 322 g/mol. The van der Waals surface area contributed by atoms with E-state index < -0.39 is 17.8 Å². The van der Waals surface area contributed by atoms with Gasteiger partial charge in [-0.2, -0.15) is 0 Å². The Balaban J connectivity index is 1.64. The highest BCUT2D eigenvalue weighted by atomic mass is 16.7. The molecule has 0 bridgehead atoms. The molecular weight excluding hydrogens is 312 g/mol. The van der Waals surface area contributed by atoms with Gasteiger partial charge in [0.2, 0.25) is 0 Å². The molecule has 3 amide bonds. The largest absolute Gasteiger partial charge is 0.364 e. The van der Waals surface area contributed by atoms with Crippen LogP contribution in [0.2, 0.25) is 0 Å². The van der Waals surface area contributed by atoms with E-state index in [1.165, 1.54) is 18.2 Å². The Morgan fingerprint density at radius 1 is 0.917 bits per heavy atom. The van der Waals surface area contributed by atoms with Crippen molar-refractivity contribution in [3.63, 3.8) is 0 Å². The van der Waals surface area contributed by atoms with Crippen molar-refractivity contribution in [3.8, 4) is 0 Å². The molecule has 2 aromatic rings. The van der Waals surface area contributed by atoms with Crippen LogP contribution in [0, 0.1) is 0 Å². The second-order valence-electron chi connectivity index (χ2n) is 5.34. The molecule has 2 aromatic carbocycles. The molecule has 0 aromatic heterocycles. The summed E-state index contributed by atoms with van der Waals surface area (Å²) in [5, 5.41) is 3.07. The van der Waals surface area contributed by atoms with Gasteiger partial charge in [0.25, 0.3) is 17.7 Å². The monoisotopic (exact) mass is 322 g/mol. The minimum Gasteiger partial charge on any atom is -0.348 e. The Morgan fingerprint density at radius 3 is 2.21 bits per heavy atom. The van der Waals surface area contributed by atoms with Crippen molar-refractivity contribution in [3.05, 3.63) is 70.3 Å². The number of fused-ring (bicyclic) bond motifs is 2. The Morgan fingerprint density at radius 2 is 1.54 bits per heavy atom. The van der Waals surface area contributed by atoms with Crippen molar-refractivity contribution >= 4 is 23.7 Å². The third-order valence-corrected chi connectivity index (χ3v) is 4.00. The molecular formula is C17H10N2O5. The van der Waals surface area contributed by atoms with E-state index in [1.807, 2.05) is 0 Å². The molecule has 7 heteroatoms. The first-order chi connectivity index (χ1) is 11.6. The van der Waals surface area contributed by atoms with Crippen molar-refractivity contribution in [2.75, 3.05) is 0 Å². The number of nitrogens with one attached hydrogen (secondary N) is 1. The maximum absolute atomic E-state index is 12.4. The smallest absolute Gasteiger partial charge is 0.348 e. The molecule has 0 aliphatic carbocycles. The van der Waals surface area contributed by atoms with Gasteiger partial charge in [0.15, 0.2) is 0 Å². The van der Waals surface area contributed by atoms with Crippen molar-refractivity contribution in [1.82, 2.24) is 10.4 Å². The average Bonchev–Trinajstić information content (AvgIpc) is 3.09. The first-order valence-electron chi connectivity index (χ1n) is 7.18. The van der Waals surface area contributed by atoms with E-state index in [4.69, 9.17) is 4.84 Å². The summed E-state index contributed by atoms with van der Waals surface area (Å²) in [6, 6.07) is 10.9. The SMILES string of the molecule is O=C1NCc2c1cccc2C(=O)ON1C(=O)c2ccccc2C1=O. The number of rotatable bonds is 2. The van der Waals surface area contributed by atoms with Crippen LogP contribution in [0.3, 0.4) is 0 Å². The zero-order valence-corrected chi connectivity index (χ0v) is 12.2. The van der Waals surface area contributed by atoms with Gasteiger partial charge in [0.1, 0.15) is 0 Å². The first-order valence-corrected chi connectivity index (χ1v) is 7.18. The van der Waals surface area contributed by atoms with Crippen molar-refractivity contribution in [1.29, 1.82) is 0 Å². The second kappa shape index (κ2) is 5.02. The lowest BCUT2D eigenvalue weighted by molar-refractivity contribution is -0.0585. The maximum Gasteiger partial charge on any atom is 0.364 e. The summed E-state index contributed by atoms with van der Waals surface area (Å²) in [7, 11) is 0. The van der Waals surface area contributed by atoms with Gasteiger partial charge in [-0.15, -0.1) is 0 Å². The lowest BCUT2D eigenvalue weighted by atomic mass is 10.0. The number of hydrogen-bond acceptors (Lipinski definition) is 5. The number of benzene rings is 2. The van der Waals surface area contributed by atoms with Gasteiger partial charge in [-0.1, -0.05) is 23.3 Å². The lowest BCUT2D eigenvalue weighted by Crippen LogP contribution is -2.33. The van der Waals surface area contributed by atoms with Crippen LogP contribution in [0.15, 0.2) is 42.5 Å². The molecule has 0 spiro atoms. The Bertz CT molecular complexity index is 899. The van der Waals surface area contributed by atoms with Gasteiger partial charge in [0, 0.05) is 12.1 Å². The van der Waals surface area contributed by atoms with E-state index in [1.54, 1.807) is 24.3 Å². The fourth-order valence-electron chi connectivity index (χ4n) is 2.83. The molecule has 2 heterocycles. The van der Waals surface area contributed by atoms with Crippen molar-refractivity contribution < 1.29 is 24.0 Å². The summed E-state index contributed by atoms with van der Waals surface area (Å²) < 4.78 is 0. The zero-order chi connectivity index (χ0) is 16.8. The Hall–Kier alpha value is -3.48. The van der Waals surface area contributed by atoms with Gasteiger partial charge in [-0.3, -0.25) is 14.4 Å². The molecule has 0 saturated carbocycles. The molecule has 118 valence electrons. The van der Waals surface area contributed by atoms with Crippen LogP contribution in [0.1, 0.15) is 47.0 Å². The number of hydroxylamine groups is 2. The molecule has 0 fully saturated rings. The van der Waals surface area contributed by atoms with E-state index in [9.17, 15) is 19.2 Å². The van der Waals surface area contributed by atoms with Crippen LogP contribution in [0.25, 0.3) is 0 Å². The maximum atomic E-state index is 12.4. The summed E-state index contributed by atoms with van der Waals surface area (Å²) in [6.07, 6.45) is 0. The molecule has 2 aliphatic rings.